The molecule has 1 spiro atoms. The number of carbonyl (C=O) groups excluding carboxylic acids is 2. The van der Waals surface area contributed by atoms with Gasteiger partial charge in [-0.3, -0.25) is 9.59 Å². The number of carbonyl (C=O) groups is 2. The molecule has 0 unspecified atom stereocenters. The predicted molar refractivity (Wildman–Crippen MR) is 54.4 cm³/mol. The fourth-order valence-electron chi connectivity index (χ4n) is 2.76. The van der Waals surface area contributed by atoms with Crippen LogP contribution in [0.4, 0.5) is 0 Å². The number of ketones is 1. The largest absolute Gasteiger partial charge is 0.381 e. The van der Waals surface area contributed by atoms with E-state index in [4.69, 9.17) is 4.74 Å². The Morgan fingerprint density at radius 1 is 1.33 bits per heavy atom. The summed E-state index contributed by atoms with van der Waals surface area (Å²) >= 11 is 0. The van der Waals surface area contributed by atoms with E-state index < -0.39 is 0 Å². The lowest BCUT2D eigenvalue weighted by atomic mass is 9.79. The van der Waals surface area contributed by atoms with Crippen molar-refractivity contribution in [2.45, 2.75) is 38.1 Å². The molecule has 0 radical (unpaired) electrons. The minimum Gasteiger partial charge on any atom is -0.381 e. The van der Waals surface area contributed by atoms with Crippen molar-refractivity contribution in [3.05, 3.63) is 0 Å². The van der Waals surface area contributed by atoms with Gasteiger partial charge in [-0.15, -0.1) is 0 Å². The summed E-state index contributed by atoms with van der Waals surface area (Å²) in [6.07, 6.45) is 2.23. The zero-order valence-corrected chi connectivity index (χ0v) is 9.12. The number of amides is 1. The maximum atomic E-state index is 11.8. The second kappa shape index (κ2) is 3.93. The molecular weight excluding hydrogens is 194 g/mol. The third-order valence-corrected chi connectivity index (χ3v) is 3.49. The van der Waals surface area contributed by atoms with E-state index in [-0.39, 0.29) is 23.7 Å². The summed E-state index contributed by atoms with van der Waals surface area (Å²) in [5.41, 5.74) is -0.223. The number of hydrogen-bond donors (Lipinski definition) is 0. The van der Waals surface area contributed by atoms with Crippen LogP contribution in [0.25, 0.3) is 0 Å². The van der Waals surface area contributed by atoms with Gasteiger partial charge in [-0.2, -0.15) is 0 Å². The number of hydrogen-bond acceptors (Lipinski definition) is 3. The van der Waals surface area contributed by atoms with Crippen molar-refractivity contribution < 1.29 is 14.3 Å². The van der Waals surface area contributed by atoms with Gasteiger partial charge in [0.05, 0.1) is 12.0 Å². The number of piperidine rings is 1. The number of ether oxygens (including phenoxy) is 1. The average molecular weight is 211 g/mol. The van der Waals surface area contributed by atoms with Crippen LogP contribution in [-0.2, 0) is 14.3 Å². The Balaban J connectivity index is 2.24. The van der Waals surface area contributed by atoms with Crippen LogP contribution < -0.4 is 0 Å². The number of rotatable bonds is 1. The summed E-state index contributed by atoms with van der Waals surface area (Å²) in [5.74, 6) is 0.0854. The van der Waals surface area contributed by atoms with E-state index in [1.54, 1.807) is 0 Å². The van der Waals surface area contributed by atoms with Gasteiger partial charge in [-0.25, -0.2) is 0 Å². The first-order valence-corrected chi connectivity index (χ1v) is 5.58. The van der Waals surface area contributed by atoms with Crippen LogP contribution in [0.3, 0.4) is 0 Å². The summed E-state index contributed by atoms with van der Waals surface area (Å²) < 4.78 is 5.31. The highest BCUT2D eigenvalue weighted by Gasteiger charge is 2.45. The highest BCUT2D eigenvalue weighted by molar-refractivity contribution is 6.01. The lowest BCUT2D eigenvalue weighted by molar-refractivity contribution is -0.153. The molecule has 0 N–H and O–H groups in total. The van der Waals surface area contributed by atoms with Crippen molar-refractivity contribution in [2.24, 2.45) is 0 Å². The summed E-state index contributed by atoms with van der Waals surface area (Å²) in [5, 5.41) is 0. The molecule has 0 aromatic rings. The second-order valence-corrected chi connectivity index (χ2v) is 4.37. The number of likely N-dealkylation sites (tertiary alicyclic amines) is 1. The molecule has 4 heteroatoms. The molecule has 0 atom stereocenters. The molecule has 2 aliphatic rings. The smallest absolute Gasteiger partial charge is 0.230 e. The van der Waals surface area contributed by atoms with Crippen LogP contribution in [0, 0.1) is 0 Å². The number of Topliss-reactive ketones (excluding diaryl/α,β-unsaturated/α-hetero) is 1. The fraction of sp³-hybridized carbons (Fsp3) is 0.818. The highest BCUT2D eigenvalue weighted by atomic mass is 16.5. The Hall–Kier alpha value is -0.900. The molecule has 0 aliphatic carbocycles. The van der Waals surface area contributed by atoms with Gasteiger partial charge in [-0.1, -0.05) is 0 Å². The van der Waals surface area contributed by atoms with Gasteiger partial charge in [0.25, 0.3) is 0 Å². The molecule has 2 aliphatic heterocycles. The molecule has 2 fully saturated rings. The van der Waals surface area contributed by atoms with Gasteiger partial charge < -0.3 is 9.64 Å². The SMILES string of the molecule is CCN1C(=O)CC(=O)CC12CCOCC2. The van der Waals surface area contributed by atoms with Crippen LogP contribution in [-0.4, -0.2) is 41.9 Å². The fourth-order valence-corrected chi connectivity index (χ4v) is 2.76. The minimum absolute atomic E-state index is 0.00403. The van der Waals surface area contributed by atoms with E-state index in [2.05, 4.69) is 0 Å². The molecule has 4 nitrogen and oxygen atoms in total. The average Bonchev–Trinajstić information content (AvgIpc) is 2.18. The van der Waals surface area contributed by atoms with Crippen molar-refractivity contribution in [3.63, 3.8) is 0 Å². The van der Waals surface area contributed by atoms with Crippen LogP contribution in [0.15, 0.2) is 0 Å². The molecule has 2 rings (SSSR count). The van der Waals surface area contributed by atoms with Crippen molar-refractivity contribution in [2.75, 3.05) is 19.8 Å². The van der Waals surface area contributed by atoms with E-state index in [9.17, 15) is 9.59 Å². The van der Waals surface area contributed by atoms with Crippen molar-refractivity contribution >= 4 is 11.7 Å². The Morgan fingerprint density at radius 2 is 2.00 bits per heavy atom. The minimum atomic E-state index is -0.223. The van der Waals surface area contributed by atoms with Gasteiger partial charge in [-0.05, 0) is 19.8 Å². The molecule has 84 valence electrons. The van der Waals surface area contributed by atoms with Gasteiger partial charge in [0, 0.05) is 26.2 Å². The maximum Gasteiger partial charge on any atom is 0.230 e. The maximum absolute atomic E-state index is 11.8. The van der Waals surface area contributed by atoms with Gasteiger partial charge in [0.15, 0.2) is 0 Å². The lowest BCUT2D eigenvalue weighted by Crippen LogP contribution is -2.59. The van der Waals surface area contributed by atoms with Crippen LogP contribution >= 0.6 is 0 Å². The van der Waals surface area contributed by atoms with Gasteiger partial charge >= 0.3 is 0 Å². The molecule has 0 aromatic heterocycles. The summed E-state index contributed by atoms with van der Waals surface area (Å²) in [6, 6.07) is 0. The molecule has 2 heterocycles. The zero-order valence-electron chi connectivity index (χ0n) is 9.12. The van der Waals surface area contributed by atoms with Crippen LogP contribution in [0.2, 0.25) is 0 Å². The molecule has 0 saturated carbocycles. The normalized spacial score (nSPS) is 26.1. The predicted octanol–water partition coefficient (Wildman–Crippen LogP) is 0.747. The Morgan fingerprint density at radius 3 is 2.60 bits per heavy atom. The van der Waals surface area contributed by atoms with E-state index in [0.29, 0.717) is 26.2 Å². The Bertz CT molecular complexity index is 282. The van der Waals surface area contributed by atoms with Crippen molar-refractivity contribution in [1.82, 2.24) is 4.90 Å². The summed E-state index contributed by atoms with van der Waals surface area (Å²) in [6.45, 7) is 4.01. The van der Waals surface area contributed by atoms with E-state index in [1.165, 1.54) is 0 Å². The second-order valence-electron chi connectivity index (χ2n) is 4.37. The summed E-state index contributed by atoms with van der Waals surface area (Å²) in [4.78, 5) is 25.2. The number of nitrogens with zero attached hydrogens (tertiary/aromatic N) is 1. The molecule has 2 saturated heterocycles. The third kappa shape index (κ3) is 1.78. The van der Waals surface area contributed by atoms with E-state index >= 15 is 0 Å². The first-order chi connectivity index (χ1) is 7.18. The monoisotopic (exact) mass is 211 g/mol. The quantitative estimate of drug-likeness (QED) is 0.601. The van der Waals surface area contributed by atoms with Crippen LogP contribution in [0.5, 0.6) is 0 Å². The van der Waals surface area contributed by atoms with Crippen LogP contribution in [0.1, 0.15) is 32.6 Å². The first-order valence-electron chi connectivity index (χ1n) is 5.58. The Labute approximate surface area is 89.6 Å². The van der Waals surface area contributed by atoms with Gasteiger partial charge in [0.1, 0.15) is 5.78 Å². The molecular formula is C11H17NO3. The highest BCUT2D eigenvalue weighted by Crippen LogP contribution is 2.35. The third-order valence-electron chi connectivity index (χ3n) is 3.49. The molecule has 0 aromatic carbocycles. The molecule has 15 heavy (non-hydrogen) atoms. The van der Waals surface area contributed by atoms with Crippen molar-refractivity contribution in [1.29, 1.82) is 0 Å². The Kier molecular flexibility index (Phi) is 2.78. The standard InChI is InChI=1S/C11H17NO3/c1-2-12-10(14)7-9(13)8-11(12)3-5-15-6-4-11/h2-8H2,1H3. The molecule has 1 amide bonds. The van der Waals surface area contributed by atoms with Crippen molar-refractivity contribution in [3.8, 4) is 0 Å². The topological polar surface area (TPSA) is 46.6 Å². The first kappa shape index (κ1) is 10.6. The van der Waals surface area contributed by atoms with Gasteiger partial charge in [0.2, 0.25) is 5.91 Å². The summed E-state index contributed by atoms with van der Waals surface area (Å²) in [7, 11) is 0. The van der Waals surface area contributed by atoms with E-state index in [1.807, 2.05) is 11.8 Å². The zero-order chi connectivity index (χ0) is 10.9. The lowest BCUT2D eigenvalue weighted by Gasteiger charge is -2.48. The molecule has 0 bridgehead atoms. The van der Waals surface area contributed by atoms with E-state index in [0.717, 1.165) is 12.8 Å².